The van der Waals surface area contributed by atoms with Gasteiger partial charge in [-0.15, -0.1) is 0 Å². The van der Waals surface area contributed by atoms with E-state index in [4.69, 9.17) is 0 Å². The molecule has 1 rings (SSSR count). The maximum atomic E-state index is 11.9. The fourth-order valence-corrected chi connectivity index (χ4v) is 2.02. The Morgan fingerprint density at radius 2 is 1.91 bits per heavy atom. The van der Waals surface area contributed by atoms with Crippen LogP contribution < -0.4 is 16.0 Å². The lowest BCUT2D eigenvalue weighted by molar-refractivity contribution is -0.114. The van der Waals surface area contributed by atoms with Gasteiger partial charge in [-0.05, 0) is 45.5 Å². The molecule has 0 unspecified atom stereocenters. The molecule has 23 heavy (non-hydrogen) atoms. The highest BCUT2D eigenvalue weighted by molar-refractivity contribution is 5.88. The number of anilines is 1. The average molecular weight is 320 g/mol. The van der Waals surface area contributed by atoms with E-state index < -0.39 is 0 Å². The largest absolute Gasteiger partial charge is 0.337 e. The first-order chi connectivity index (χ1) is 10.8. The lowest BCUT2D eigenvalue weighted by Gasteiger charge is -2.21. The smallest absolute Gasteiger partial charge is 0.315 e. The summed E-state index contributed by atoms with van der Waals surface area (Å²) in [6, 6.07) is 7.57. The molecule has 3 amide bonds. The van der Waals surface area contributed by atoms with Gasteiger partial charge in [-0.2, -0.15) is 0 Å². The number of carbonyl (C=O) groups is 2. The van der Waals surface area contributed by atoms with Crippen molar-refractivity contribution < 1.29 is 9.59 Å². The maximum absolute atomic E-state index is 11.9. The Bertz CT molecular complexity index is 531. The van der Waals surface area contributed by atoms with Gasteiger partial charge in [-0.1, -0.05) is 12.1 Å². The molecule has 0 saturated heterocycles. The number of carbonyl (C=O) groups excluding carboxylic acids is 2. The number of amides is 3. The Hall–Kier alpha value is -2.08. The van der Waals surface area contributed by atoms with Crippen molar-refractivity contribution in [3.8, 4) is 0 Å². The summed E-state index contributed by atoms with van der Waals surface area (Å²) in [6.45, 7) is 9.01. The fraction of sp³-hybridized carbons (Fsp3) is 0.529. The fourth-order valence-electron chi connectivity index (χ4n) is 2.02. The summed E-state index contributed by atoms with van der Waals surface area (Å²) >= 11 is 0. The Kier molecular flexibility index (Phi) is 7.54. The molecule has 0 saturated carbocycles. The summed E-state index contributed by atoms with van der Waals surface area (Å²) in [5.41, 5.74) is 1.66. The van der Waals surface area contributed by atoms with Crippen LogP contribution in [-0.4, -0.2) is 43.0 Å². The lowest BCUT2D eigenvalue weighted by Crippen LogP contribution is -2.41. The van der Waals surface area contributed by atoms with Crippen LogP contribution in [0.5, 0.6) is 0 Å². The molecule has 0 heterocycles. The molecule has 0 fully saturated rings. The zero-order valence-electron chi connectivity index (χ0n) is 14.6. The number of urea groups is 1. The van der Waals surface area contributed by atoms with Crippen LogP contribution in [0.3, 0.4) is 0 Å². The minimum atomic E-state index is -0.195. The molecule has 6 heteroatoms. The summed E-state index contributed by atoms with van der Waals surface area (Å²) in [5.74, 6) is -0.116. The van der Waals surface area contributed by atoms with Gasteiger partial charge in [0.25, 0.3) is 0 Å². The number of hydrogen-bond acceptors (Lipinski definition) is 3. The van der Waals surface area contributed by atoms with E-state index in [0.717, 1.165) is 17.8 Å². The standard InChI is InChI=1S/C17H28N4O2/c1-12(2)21(5)10-9-18-17(23)19-13(3)15-7-6-8-16(11-15)20-14(4)22/h6-8,11-13H,9-10H2,1-5H3,(H,20,22)(H2,18,19,23)/t13-/m0/s1. The van der Waals surface area contributed by atoms with E-state index in [9.17, 15) is 9.59 Å². The van der Waals surface area contributed by atoms with Crippen LogP contribution in [0.15, 0.2) is 24.3 Å². The van der Waals surface area contributed by atoms with Gasteiger partial charge in [0, 0.05) is 31.7 Å². The van der Waals surface area contributed by atoms with Crippen molar-refractivity contribution >= 4 is 17.6 Å². The molecule has 1 aromatic rings. The predicted molar refractivity (Wildman–Crippen MR) is 93.5 cm³/mol. The monoisotopic (exact) mass is 320 g/mol. The molecule has 6 nitrogen and oxygen atoms in total. The molecule has 0 radical (unpaired) electrons. The van der Waals surface area contributed by atoms with E-state index >= 15 is 0 Å². The van der Waals surface area contributed by atoms with Crippen LogP contribution in [0.2, 0.25) is 0 Å². The summed E-state index contributed by atoms with van der Waals surface area (Å²) in [5, 5.41) is 8.49. The quantitative estimate of drug-likeness (QED) is 0.722. The lowest BCUT2D eigenvalue weighted by atomic mass is 10.1. The second-order valence-electron chi connectivity index (χ2n) is 6.00. The molecule has 0 bridgehead atoms. The Morgan fingerprint density at radius 3 is 2.52 bits per heavy atom. The predicted octanol–water partition coefficient (Wildman–Crippen LogP) is 2.35. The van der Waals surface area contributed by atoms with Crippen molar-refractivity contribution in [2.45, 2.75) is 39.8 Å². The molecule has 1 atom stereocenters. The number of benzene rings is 1. The van der Waals surface area contributed by atoms with Crippen LogP contribution >= 0.6 is 0 Å². The molecule has 0 aliphatic heterocycles. The van der Waals surface area contributed by atoms with Gasteiger partial charge in [0.05, 0.1) is 6.04 Å². The highest BCUT2D eigenvalue weighted by Gasteiger charge is 2.10. The van der Waals surface area contributed by atoms with E-state index in [0.29, 0.717) is 12.6 Å². The van der Waals surface area contributed by atoms with Gasteiger partial charge >= 0.3 is 6.03 Å². The third kappa shape index (κ3) is 7.15. The van der Waals surface area contributed by atoms with Crippen LogP contribution in [0.25, 0.3) is 0 Å². The molecular formula is C17H28N4O2. The minimum absolute atomic E-state index is 0.116. The maximum Gasteiger partial charge on any atom is 0.315 e. The van der Waals surface area contributed by atoms with Gasteiger partial charge in [-0.3, -0.25) is 4.79 Å². The molecule has 0 aliphatic carbocycles. The van der Waals surface area contributed by atoms with Crippen molar-refractivity contribution in [1.29, 1.82) is 0 Å². The van der Waals surface area contributed by atoms with Crippen molar-refractivity contribution in [1.82, 2.24) is 15.5 Å². The molecule has 0 aromatic heterocycles. The number of nitrogens with zero attached hydrogens (tertiary/aromatic N) is 1. The van der Waals surface area contributed by atoms with Crippen LogP contribution in [0.4, 0.5) is 10.5 Å². The molecule has 128 valence electrons. The van der Waals surface area contributed by atoms with E-state index in [2.05, 4.69) is 34.7 Å². The first kappa shape index (κ1) is 19.0. The Morgan fingerprint density at radius 1 is 1.22 bits per heavy atom. The van der Waals surface area contributed by atoms with Gasteiger partial charge in [0.2, 0.25) is 5.91 Å². The van der Waals surface area contributed by atoms with Gasteiger partial charge in [0.15, 0.2) is 0 Å². The van der Waals surface area contributed by atoms with E-state index in [1.807, 2.05) is 38.2 Å². The molecular weight excluding hydrogens is 292 g/mol. The Balaban J connectivity index is 2.47. The zero-order valence-corrected chi connectivity index (χ0v) is 14.6. The molecule has 0 aliphatic rings. The first-order valence-corrected chi connectivity index (χ1v) is 7.91. The van der Waals surface area contributed by atoms with Gasteiger partial charge in [0.1, 0.15) is 0 Å². The number of rotatable bonds is 7. The van der Waals surface area contributed by atoms with Crippen molar-refractivity contribution in [2.75, 3.05) is 25.5 Å². The highest BCUT2D eigenvalue weighted by atomic mass is 16.2. The Labute approximate surface area is 138 Å². The number of nitrogens with one attached hydrogen (secondary N) is 3. The first-order valence-electron chi connectivity index (χ1n) is 7.91. The van der Waals surface area contributed by atoms with Gasteiger partial charge in [-0.25, -0.2) is 4.79 Å². The third-order valence-electron chi connectivity index (χ3n) is 3.69. The molecule has 0 spiro atoms. The number of likely N-dealkylation sites (N-methyl/N-ethyl adjacent to an activating group) is 1. The second kappa shape index (κ2) is 9.15. The summed E-state index contributed by atoms with van der Waals surface area (Å²) in [6.07, 6.45) is 0. The zero-order chi connectivity index (χ0) is 17.4. The summed E-state index contributed by atoms with van der Waals surface area (Å²) in [7, 11) is 2.03. The molecule has 3 N–H and O–H groups in total. The van der Waals surface area contributed by atoms with Crippen molar-refractivity contribution in [3.63, 3.8) is 0 Å². The van der Waals surface area contributed by atoms with Crippen molar-refractivity contribution in [2.24, 2.45) is 0 Å². The van der Waals surface area contributed by atoms with E-state index in [-0.39, 0.29) is 18.0 Å². The number of hydrogen-bond donors (Lipinski definition) is 3. The highest BCUT2D eigenvalue weighted by Crippen LogP contribution is 2.17. The van der Waals surface area contributed by atoms with Crippen LogP contribution in [0.1, 0.15) is 39.3 Å². The normalized spacial score (nSPS) is 12.1. The van der Waals surface area contributed by atoms with E-state index in [1.54, 1.807) is 0 Å². The topological polar surface area (TPSA) is 73.5 Å². The summed E-state index contributed by atoms with van der Waals surface area (Å²) < 4.78 is 0. The van der Waals surface area contributed by atoms with Crippen molar-refractivity contribution in [3.05, 3.63) is 29.8 Å². The van der Waals surface area contributed by atoms with Crippen LogP contribution in [-0.2, 0) is 4.79 Å². The molecule has 1 aromatic carbocycles. The third-order valence-corrected chi connectivity index (χ3v) is 3.69. The SMILES string of the molecule is CC(=O)Nc1cccc([C@H](C)NC(=O)NCCN(C)C(C)C)c1. The summed E-state index contributed by atoms with van der Waals surface area (Å²) in [4.78, 5) is 25.2. The minimum Gasteiger partial charge on any atom is -0.337 e. The van der Waals surface area contributed by atoms with Crippen LogP contribution in [0, 0.1) is 0 Å². The second-order valence-corrected chi connectivity index (χ2v) is 6.00. The van der Waals surface area contributed by atoms with Gasteiger partial charge < -0.3 is 20.9 Å². The van der Waals surface area contributed by atoms with E-state index in [1.165, 1.54) is 6.92 Å². The average Bonchev–Trinajstić information content (AvgIpc) is 2.46.